The fraction of sp³-hybridized carbons (Fsp3) is 0.455. The molecule has 0 spiro atoms. The zero-order valence-corrected chi connectivity index (χ0v) is 9.45. The molecular weight excluding hydrogens is 206 g/mol. The summed E-state index contributed by atoms with van der Waals surface area (Å²) in [6, 6.07) is 3.26. The normalized spacial score (nSPS) is 10.1. The van der Waals surface area contributed by atoms with Crippen LogP contribution in [-0.4, -0.2) is 22.8 Å². The van der Waals surface area contributed by atoms with Gasteiger partial charge in [-0.3, -0.25) is 9.36 Å². The summed E-state index contributed by atoms with van der Waals surface area (Å²) >= 11 is 0. The zero-order chi connectivity index (χ0) is 12.1. The topological polar surface area (TPSA) is 78.0 Å². The fourth-order valence-corrected chi connectivity index (χ4v) is 1.47. The predicted octanol–water partition coefficient (Wildman–Crippen LogP) is 0.344. The highest BCUT2D eigenvalue weighted by molar-refractivity contribution is 5.43. The smallest absolute Gasteiger partial charge is 0.253 e. The van der Waals surface area contributed by atoms with Crippen molar-refractivity contribution in [3.8, 4) is 11.9 Å². The molecule has 0 amide bonds. The second-order valence-corrected chi connectivity index (χ2v) is 3.48. The van der Waals surface area contributed by atoms with Crippen LogP contribution in [0.25, 0.3) is 0 Å². The van der Waals surface area contributed by atoms with Crippen LogP contribution in [0.2, 0.25) is 0 Å². The average molecular weight is 221 g/mol. The Hall–Kier alpha value is -1.80. The van der Waals surface area contributed by atoms with Crippen molar-refractivity contribution in [2.45, 2.75) is 20.4 Å². The SMILES string of the molecule is CCNCCn1c(O)c(C#N)c(C)cc1=O. The van der Waals surface area contributed by atoms with Crippen molar-refractivity contribution in [3.05, 3.63) is 27.5 Å². The largest absolute Gasteiger partial charge is 0.493 e. The molecule has 0 unspecified atom stereocenters. The molecule has 0 saturated carbocycles. The molecule has 1 aromatic heterocycles. The van der Waals surface area contributed by atoms with E-state index in [9.17, 15) is 9.90 Å². The molecular formula is C11H15N3O2. The first-order chi connectivity index (χ1) is 7.61. The van der Waals surface area contributed by atoms with Gasteiger partial charge in [0.2, 0.25) is 5.88 Å². The molecule has 1 rings (SSSR count). The van der Waals surface area contributed by atoms with Gasteiger partial charge in [0.15, 0.2) is 0 Å². The third-order valence-corrected chi connectivity index (χ3v) is 2.35. The third-order valence-electron chi connectivity index (χ3n) is 2.35. The van der Waals surface area contributed by atoms with Gasteiger partial charge in [0.1, 0.15) is 11.6 Å². The molecule has 0 aromatic carbocycles. The van der Waals surface area contributed by atoms with Gasteiger partial charge in [-0.1, -0.05) is 6.92 Å². The van der Waals surface area contributed by atoms with E-state index in [1.54, 1.807) is 6.92 Å². The number of nitrogens with zero attached hydrogens (tertiary/aromatic N) is 2. The minimum atomic E-state index is -0.285. The number of likely N-dealkylation sites (N-methyl/N-ethyl adjacent to an activating group) is 1. The minimum absolute atomic E-state index is 0.163. The lowest BCUT2D eigenvalue weighted by Crippen LogP contribution is -2.27. The molecule has 0 fully saturated rings. The molecule has 0 saturated heterocycles. The summed E-state index contributed by atoms with van der Waals surface area (Å²) < 4.78 is 1.20. The molecule has 86 valence electrons. The Kier molecular flexibility index (Phi) is 4.09. The quantitative estimate of drug-likeness (QED) is 0.719. The highest BCUT2D eigenvalue weighted by atomic mass is 16.3. The first-order valence-corrected chi connectivity index (χ1v) is 5.16. The maximum absolute atomic E-state index is 11.6. The van der Waals surface area contributed by atoms with E-state index in [1.807, 2.05) is 13.0 Å². The summed E-state index contributed by atoms with van der Waals surface area (Å²) in [6.45, 7) is 5.32. The van der Waals surface area contributed by atoms with Crippen LogP contribution in [-0.2, 0) is 6.54 Å². The van der Waals surface area contributed by atoms with E-state index in [0.29, 0.717) is 18.7 Å². The maximum Gasteiger partial charge on any atom is 0.253 e. The Labute approximate surface area is 93.9 Å². The third kappa shape index (κ3) is 2.41. The summed E-state index contributed by atoms with van der Waals surface area (Å²) in [5.74, 6) is -0.245. The van der Waals surface area contributed by atoms with Gasteiger partial charge in [-0.25, -0.2) is 0 Å². The predicted molar refractivity (Wildman–Crippen MR) is 60.4 cm³/mol. The Balaban J connectivity index is 3.10. The zero-order valence-electron chi connectivity index (χ0n) is 9.45. The minimum Gasteiger partial charge on any atom is -0.493 e. The van der Waals surface area contributed by atoms with Crippen LogP contribution < -0.4 is 10.9 Å². The van der Waals surface area contributed by atoms with E-state index < -0.39 is 0 Å². The molecule has 2 N–H and O–H groups in total. The molecule has 1 heterocycles. The summed E-state index contributed by atoms with van der Waals surface area (Å²) in [5.41, 5.74) is 0.382. The van der Waals surface area contributed by atoms with Gasteiger partial charge < -0.3 is 10.4 Å². The van der Waals surface area contributed by atoms with Gasteiger partial charge in [-0.2, -0.15) is 5.26 Å². The molecule has 0 aliphatic rings. The van der Waals surface area contributed by atoms with E-state index in [2.05, 4.69) is 5.32 Å². The van der Waals surface area contributed by atoms with Crippen LogP contribution >= 0.6 is 0 Å². The fourth-order valence-electron chi connectivity index (χ4n) is 1.47. The second kappa shape index (κ2) is 5.33. The van der Waals surface area contributed by atoms with E-state index in [4.69, 9.17) is 5.26 Å². The van der Waals surface area contributed by atoms with Crippen molar-refractivity contribution in [2.24, 2.45) is 0 Å². The van der Waals surface area contributed by atoms with Crippen LogP contribution in [0.15, 0.2) is 10.9 Å². The molecule has 16 heavy (non-hydrogen) atoms. The number of hydrogen-bond donors (Lipinski definition) is 2. The molecule has 0 atom stereocenters. The number of hydrogen-bond acceptors (Lipinski definition) is 4. The van der Waals surface area contributed by atoms with Crippen molar-refractivity contribution >= 4 is 0 Å². The molecule has 1 aromatic rings. The van der Waals surface area contributed by atoms with Crippen LogP contribution in [0.4, 0.5) is 0 Å². The monoisotopic (exact) mass is 221 g/mol. The van der Waals surface area contributed by atoms with Crippen LogP contribution in [0, 0.1) is 18.3 Å². The van der Waals surface area contributed by atoms with Crippen molar-refractivity contribution in [1.82, 2.24) is 9.88 Å². The number of rotatable bonds is 4. The van der Waals surface area contributed by atoms with Crippen molar-refractivity contribution in [1.29, 1.82) is 5.26 Å². The number of aromatic hydroxyl groups is 1. The van der Waals surface area contributed by atoms with Gasteiger partial charge in [0.25, 0.3) is 5.56 Å². The van der Waals surface area contributed by atoms with Crippen molar-refractivity contribution < 1.29 is 5.11 Å². The highest BCUT2D eigenvalue weighted by Gasteiger charge is 2.11. The lowest BCUT2D eigenvalue weighted by molar-refractivity contribution is 0.400. The first-order valence-electron chi connectivity index (χ1n) is 5.16. The summed E-state index contributed by atoms with van der Waals surface area (Å²) in [5, 5.41) is 21.7. The molecule has 0 aliphatic heterocycles. The van der Waals surface area contributed by atoms with E-state index in [-0.39, 0.29) is 17.0 Å². The lowest BCUT2D eigenvalue weighted by Gasteiger charge is -2.10. The van der Waals surface area contributed by atoms with Crippen LogP contribution in [0.5, 0.6) is 5.88 Å². The van der Waals surface area contributed by atoms with E-state index in [0.717, 1.165) is 6.54 Å². The van der Waals surface area contributed by atoms with E-state index in [1.165, 1.54) is 10.6 Å². The Morgan fingerprint density at radius 3 is 2.88 bits per heavy atom. The van der Waals surface area contributed by atoms with Crippen molar-refractivity contribution in [2.75, 3.05) is 13.1 Å². The van der Waals surface area contributed by atoms with Gasteiger partial charge in [-0.05, 0) is 19.0 Å². The molecule has 0 aliphatic carbocycles. The Bertz CT molecular complexity index is 471. The standard InChI is InChI=1S/C11H15N3O2/c1-3-13-4-5-14-10(15)6-8(2)9(7-12)11(14)16/h6,13,16H,3-5H2,1-2H3. The number of nitrogens with one attached hydrogen (secondary N) is 1. The maximum atomic E-state index is 11.6. The summed E-state index contributed by atoms with van der Waals surface area (Å²) in [7, 11) is 0. The molecule has 0 bridgehead atoms. The van der Waals surface area contributed by atoms with E-state index >= 15 is 0 Å². The van der Waals surface area contributed by atoms with Crippen molar-refractivity contribution in [3.63, 3.8) is 0 Å². The van der Waals surface area contributed by atoms with Gasteiger partial charge >= 0.3 is 0 Å². The number of pyridine rings is 1. The number of aryl methyl sites for hydroxylation is 1. The van der Waals surface area contributed by atoms with Gasteiger partial charge in [0, 0.05) is 19.2 Å². The molecule has 5 nitrogen and oxygen atoms in total. The van der Waals surface area contributed by atoms with Gasteiger partial charge in [-0.15, -0.1) is 0 Å². The summed E-state index contributed by atoms with van der Waals surface area (Å²) in [6.07, 6.45) is 0. The second-order valence-electron chi connectivity index (χ2n) is 3.48. The average Bonchev–Trinajstić information content (AvgIpc) is 2.23. The Morgan fingerprint density at radius 2 is 2.31 bits per heavy atom. The van der Waals surface area contributed by atoms with Crippen LogP contribution in [0.1, 0.15) is 18.1 Å². The summed E-state index contributed by atoms with van der Waals surface area (Å²) in [4.78, 5) is 11.6. The lowest BCUT2D eigenvalue weighted by atomic mass is 10.1. The molecule has 0 radical (unpaired) electrons. The van der Waals surface area contributed by atoms with Crippen LogP contribution in [0.3, 0.4) is 0 Å². The number of aromatic nitrogens is 1. The highest BCUT2D eigenvalue weighted by Crippen LogP contribution is 2.16. The number of nitriles is 1. The first kappa shape index (κ1) is 12.3. The Morgan fingerprint density at radius 1 is 1.62 bits per heavy atom. The molecule has 5 heteroatoms. The van der Waals surface area contributed by atoms with Gasteiger partial charge in [0.05, 0.1) is 0 Å².